The van der Waals surface area contributed by atoms with E-state index in [9.17, 15) is 0 Å². The van der Waals surface area contributed by atoms with Crippen LogP contribution in [0.1, 0.15) is 12.6 Å². The summed E-state index contributed by atoms with van der Waals surface area (Å²) in [5.74, 6) is 0. The number of aromatic nitrogens is 1. The molecule has 0 aromatic carbocycles. The van der Waals surface area contributed by atoms with Crippen molar-refractivity contribution in [1.82, 2.24) is 4.98 Å². The summed E-state index contributed by atoms with van der Waals surface area (Å²) in [5.41, 5.74) is 1.16. The molecule has 2 heteroatoms. The fourth-order valence-corrected chi connectivity index (χ4v) is 4.18. The maximum absolute atomic E-state index is 4.37. The third kappa shape index (κ3) is 2.45. The van der Waals surface area contributed by atoms with Crippen molar-refractivity contribution in [3.05, 3.63) is 48.0 Å². The lowest BCUT2D eigenvalue weighted by molar-refractivity contribution is 1.22. The highest BCUT2D eigenvalue weighted by atomic mass is 28.3. The molecule has 0 saturated heterocycles. The molecule has 1 aromatic heterocycles. The van der Waals surface area contributed by atoms with Crippen molar-refractivity contribution in [3.63, 3.8) is 0 Å². The van der Waals surface area contributed by atoms with Gasteiger partial charge in [-0.15, -0.1) is 0 Å². The molecule has 0 unspecified atom stereocenters. The summed E-state index contributed by atoms with van der Waals surface area (Å²) in [6.45, 7) is 12.8. The van der Waals surface area contributed by atoms with Crippen molar-refractivity contribution in [1.29, 1.82) is 0 Å². The van der Waals surface area contributed by atoms with E-state index in [1.54, 1.807) is 0 Å². The molecule has 1 nitrogen and oxygen atoms in total. The van der Waals surface area contributed by atoms with Crippen LogP contribution in [0.3, 0.4) is 0 Å². The van der Waals surface area contributed by atoms with Gasteiger partial charge in [-0.3, -0.25) is 4.98 Å². The van der Waals surface area contributed by atoms with Gasteiger partial charge in [0.25, 0.3) is 0 Å². The fourth-order valence-electron chi connectivity index (χ4n) is 1.74. The Morgan fingerprint density at radius 1 is 1.47 bits per heavy atom. The molecule has 0 aliphatic heterocycles. The van der Waals surface area contributed by atoms with Crippen LogP contribution in [-0.2, 0) is 0 Å². The van der Waals surface area contributed by atoms with Crippen LogP contribution in [0.2, 0.25) is 13.1 Å². The van der Waals surface area contributed by atoms with E-state index in [1.807, 2.05) is 18.3 Å². The second-order valence-corrected chi connectivity index (χ2v) is 8.92. The van der Waals surface area contributed by atoms with E-state index in [0.717, 1.165) is 5.69 Å². The highest BCUT2D eigenvalue weighted by molar-refractivity contribution is 6.95. The Hall–Kier alpha value is -1.15. The molecule has 0 amide bonds. The Balaban J connectivity index is 3.22. The number of pyridine rings is 1. The number of aryl methyl sites for hydroxylation is 1. The quantitative estimate of drug-likeness (QED) is 0.560. The van der Waals surface area contributed by atoms with E-state index >= 15 is 0 Å². The summed E-state index contributed by atoms with van der Waals surface area (Å²) >= 11 is 0. The monoisotopic (exact) mass is 217 g/mol. The zero-order valence-corrected chi connectivity index (χ0v) is 11.0. The fraction of sp³-hybridized carbons (Fsp3) is 0.308. The number of nitrogens with zero attached hydrogens (tertiary/aromatic N) is 1. The summed E-state index contributed by atoms with van der Waals surface area (Å²) in [6.07, 6.45) is 5.85. The van der Waals surface area contributed by atoms with E-state index in [4.69, 9.17) is 0 Å². The zero-order valence-electron chi connectivity index (χ0n) is 10.0. The minimum absolute atomic E-state index is 1.16. The van der Waals surface area contributed by atoms with Crippen LogP contribution in [-0.4, -0.2) is 13.1 Å². The minimum Gasteiger partial charge on any atom is -0.262 e. The first-order valence-corrected chi connectivity index (χ1v) is 8.22. The van der Waals surface area contributed by atoms with Crippen molar-refractivity contribution >= 4 is 13.3 Å². The molecule has 80 valence electrons. The van der Waals surface area contributed by atoms with E-state index in [2.05, 4.69) is 50.6 Å². The standard InChI is InChI=1S/C13H19NSi/c1-6-8-11(2)15(4,5)13-9-7-10-14-12(13)3/h6-10H,1H2,2-5H3/b11-8+. The average Bonchev–Trinajstić information content (AvgIpc) is 2.18. The Kier molecular flexibility index (Phi) is 3.64. The summed E-state index contributed by atoms with van der Waals surface area (Å²) in [6, 6.07) is 4.23. The smallest absolute Gasteiger partial charge is 0.109 e. The maximum Gasteiger partial charge on any atom is 0.109 e. The van der Waals surface area contributed by atoms with Crippen LogP contribution in [0.5, 0.6) is 0 Å². The van der Waals surface area contributed by atoms with Gasteiger partial charge in [-0.1, -0.05) is 43.1 Å². The SMILES string of the molecule is C=C/C=C(\C)[Si](C)(C)c1cccnc1C. The molecule has 0 bridgehead atoms. The lowest BCUT2D eigenvalue weighted by Crippen LogP contribution is -2.44. The molecule has 0 spiro atoms. The van der Waals surface area contributed by atoms with Gasteiger partial charge < -0.3 is 0 Å². The summed E-state index contributed by atoms with van der Waals surface area (Å²) in [4.78, 5) is 4.37. The second-order valence-electron chi connectivity index (χ2n) is 4.35. The third-order valence-corrected chi connectivity index (χ3v) is 7.05. The number of hydrogen-bond donors (Lipinski definition) is 0. The predicted octanol–water partition coefficient (Wildman–Crippen LogP) is 2.98. The maximum atomic E-state index is 4.37. The van der Waals surface area contributed by atoms with Crippen LogP contribution in [0, 0.1) is 6.92 Å². The van der Waals surface area contributed by atoms with E-state index in [-0.39, 0.29) is 0 Å². The summed E-state index contributed by atoms with van der Waals surface area (Å²) in [5, 5.41) is 2.86. The zero-order chi connectivity index (χ0) is 11.5. The lowest BCUT2D eigenvalue weighted by Gasteiger charge is -2.25. The Bertz CT molecular complexity index is 391. The van der Waals surface area contributed by atoms with Gasteiger partial charge in [-0.25, -0.2) is 0 Å². The van der Waals surface area contributed by atoms with Gasteiger partial charge in [0.2, 0.25) is 0 Å². The molecule has 0 N–H and O–H groups in total. The summed E-state index contributed by atoms with van der Waals surface area (Å²) < 4.78 is 0. The molecule has 0 aliphatic rings. The van der Waals surface area contributed by atoms with Crippen LogP contribution in [0.15, 0.2) is 42.3 Å². The van der Waals surface area contributed by atoms with Crippen molar-refractivity contribution in [3.8, 4) is 0 Å². The van der Waals surface area contributed by atoms with Crippen molar-refractivity contribution in [2.24, 2.45) is 0 Å². The van der Waals surface area contributed by atoms with Crippen LogP contribution < -0.4 is 5.19 Å². The van der Waals surface area contributed by atoms with Gasteiger partial charge >= 0.3 is 0 Å². The minimum atomic E-state index is -1.52. The molecule has 1 rings (SSSR count). The van der Waals surface area contributed by atoms with Crippen molar-refractivity contribution in [2.75, 3.05) is 0 Å². The Morgan fingerprint density at radius 3 is 2.67 bits per heavy atom. The van der Waals surface area contributed by atoms with Crippen LogP contribution in [0.4, 0.5) is 0 Å². The normalized spacial score (nSPS) is 12.7. The first kappa shape index (κ1) is 11.9. The van der Waals surface area contributed by atoms with Gasteiger partial charge in [-0.05, 0) is 25.1 Å². The van der Waals surface area contributed by atoms with Gasteiger partial charge in [0.1, 0.15) is 8.07 Å². The first-order chi connectivity index (χ1) is 7.00. The molecule has 0 aliphatic carbocycles. The Labute approximate surface area is 93.6 Å². The topological polar surface area (TPSA) is 12.9 Å². The van der Waals surface area contributed by atoms with Crippen molar-refractivity contribution < 1.29 is 0 Å². The Morgan fingerprint density at radius 2 is 2.13 bits per heavy atom. The van der Waals surface area contributed by atoms with E-state index in [0.29, 0.717) is 0 Å². The van der Waals surface area contributed by atoms with Crippen LogP contribution >= 0.6 is 0 Å². The summed E-state index contributed by atoms with van der Waals surface area (Å²) in [7, 11) is -1.52. The largest absolute Gasteiger partial charge is 0.262 e. The van der Waals surface area contributed by atoms with Gasteiger partial charge in [0.15, 0.2) is 0 Å². The number of rotatable bonds is 3. The second kappa shape index (κ2) is 4.58. The van der Waals surface area contributed by atoms with Gasteiger partial charge in [0.05, 0.1) is 0 Å². The first-order valence-electron chi connectivity index (χ1n) is 5.22. The highest BCUT2D eigenvalue weighted by Gasteiger charge is 2.26. The average molecular weight is 217 g/mol. The molecule has 15 heavy (non-hydrogen) atoms. The van der Waals surface area contributed by atoms with E-state index < -0.39 is 8.07 Å². The van der Waals surface area contributed by atoms with Gasteiger partial charge in [-0.2, -0.15) is 0 Å². The molecular weight excluding hydrogens is 198 g/mol. The molecule has 1 heterocycles. The molecule has 1 aromatic rings. The molecule has 0 fully saturated rings. The molecule has 0 radical (unpaired) electrons. The number of hydrogen-bond acceptors (Lipinski definition) is 1. The predicted molar refractivity (Wildman–Crippen MR) is 70.0 cm³/mol. The lowest BCUT2D eigenvalue weighted by atomic mass is 10.4. The highest BCUT2D eigenvalue weighted by Crippen LogP contribution is 2.15. The molecular formula is C13H19NSi. The third-order valence-electron chi connectivity index (χ3n) is 3.03. The van der Waals surface area contributed by atoms with Crippen LogP contribution in [0.25, 0.3) is 0 Å². The molecule has 0 atom stereocenters. The van der Waals surface area contributed by atoms with E-state index in [1.165, 1.54) is 10.4 Å². The number of allylic oxidation sites excluding steroid dienone is 3. The van der Waals surface area contributed by atoms with Gasteiger partial charge in [0, 0.05) is 11.9 Å². The van der Waals surface area contributed by atoms with Crippen molar-refractivity contribution in [2.45, 2.75) is 26.9 Å². The molecule has 0 saturated carbocycles.